The lowest BCUT2D eigenvalue weighted by Gasteiger charge is -2.34. The maximum atomic E-state index is 11.8. The summed E-state index contributed by atoms with van der Waals surface area (Å²) < 4.78 is 29.3. The molecule has 1 N–H and O–H groups in total. The summed E-state index contributed by atoms with van der Waals surface area (Å²) in [5.74, 6) is 1.59. The topological polar surface area (TPSA) is 55.4 Å². The summed E-state index contributed by atoms with van der Waals surface area (Å²) in [6.07, 6.45) is 6.47. The van der Waals surface area contributed by atoms with Crippen LogP contribution in [0.2, 0.25) is 0 Å². The molecule has 0 spiro atoms. The zero-order chi connectivity index (χ0) is 16.3. The number of para-hydroxylation sites is 1. The summed E-state index contributed by atoms with van der Waals surface area (Å²) in [5.41, 5.74) is 1.35. The van der Waals surface area contributed by atoms with Gasteiger partial charge in [0.1, 0.15) is 5.75 Å². The molecule has 1 aliphatic heterocycles. The van der Waals surface area contributed by atoms with Gasteiger partial charge in [0.05, 0.1) is 18.6 Å². The molecule has 0 unspecified atom stereocenters. The Morgan fingerprint density at radius 1 is 1.22 bits per heavy atom. The molecule has 1 atom stereocenters. The zero-order valence-electron chi connectivity index (χ0n) is 13.9. The van der Waals surface area contributed by atoms with Gasteiger partial charge in [0.15, 0.2) is 9.84 Å². The van der Waals surface area contributed by atoms with E-state index in [0.717, 1.165) is 38.0 Å². The molecule has 1 heterocycles. The van der Waals surface area contributed by atoms with Crippen LogP contribution in [-0.2, 0) is 15.3 Å². The Labute approximate surface area is 139 Å². The lowest BCUT2D eigenvalue weighted by atomic mass is 9.78. The van der Waals surface area contributed by atoms with E-state index in [1.807, 2.05) is 12.1 Å². The quantitative estimate of drug-likeness (QED) is 0.897. The van der Waals surface area contributed by atoms with Crippen LogP contribution in [0.3, 0.4) is 0 Å². The summed E-state index contributed by atoms with van der Waals surface area (Å²) in [7, 11) is -1.14. The first kappa shape index (κ1) is 16.8. The van der Waals surface area contributed by atoms with Crippen LogP contribution < -0.4 is 10.1 Å². The largest absolute Gasteiger partial charge is 0.496 e. The highest BCUT2D eigenvalue weighted by Crippen LogP contribution is 2.44. The predicted molar refractivity (Wildman–Crippen MR) is 92.8 cm³/mol. The average molecular weight is 337 g/mol. The minimum atomic E-state index is -2.86. The molecule has 2 fully saturated rings. The van der Waals surface area contributed by atoms with Gasteiger partial charge in [-0.25, -0.2) is 8.42 Å². The van der Waals surface area contributed by atoms with Crippen LogP contribution in [0.1, 0.15) is 44.1 Å². The van der Waals surface area contributed by atoms with Gasteiger partial charge < -0.3 is 10.1 Å². The highest BCUT2D eigenvalue weighted by atomic mass is 32.2. The predicted octanol–water partition coefficient (Wildman–Crippen LogP) is 2.67. The second-order valence-electron chi connectivity index (χ2n) is 7.02. The molecule has 0 radical (unpaired) electrons. The molecular weight excluding hydrogens is 310 g/mol. The first-order valence-electron chi connectivity index (χ1n) is 8.62. The third kappa shape index (κ3) is 3.72. The standard InChI is InChI=1S/C18H27NO3S/c1-22-17-9-3-2-8-16(17)18(10-4-5-11-18)14-19-15-7-6-12-23(20,21)13-15/h2-3,8-9,15,19H,4-7,10-14H2,1H3/t15-/m1/s1. The van der Waals surface area contributed by atoms with Crippen LogP contribution in [-0.4, -0.2) is 39.6 Å². The fraction of sp³-hybridized carbons (Fsp3) is 0.667. The van der Waals surface area contributed by atoms with E-state index in [0.29, 0.717) is 5.75 Å². The number of hydrogen-bond donors (Lipinski definition) is 1. The lowest BCUT2D eigenvalue weighted by molar-refractivity contribution is 0.344. The van der Waals surface area contributed by atoms with Gasteiger partial charge in [0.2, 0.25) is 0 Å². The average Bonchev–Trinajstić information content (AvgIpc) is 3.02. The van der Waals surface area contributed by atoms with Crippen molar-refractivity contribution in [1.82, 2.24) is 5.32 Å². The fourth-order valence-electron chi connectivity index (χ4n) is 4.20. The number of nitrogens with one attached hydrogen (secondary N) is 1. The molecule has 4 nitrogen and oxygen atoms in total. The Balaban J connectivity index is 1.76. The monoisotopic (exact) mass is 337 g/mol. The number of rotatable bonds is 5. The minimum absolute atomic E-state index is 0.0772. The molecule has 1 aromatic rings. The molecular formula is C18H27NO3S. The number of hydrogen-bond acceptors (Lipinski definition) is 4. The molecule has 128 valence electrons. The lowest BCUT2D eigenvalue weighted by Crippen LogP contribution is -2.46. The molecule has 2 aliphatic rings. The summed E-state index contributed by atoms with van der Waals surface area (Å²) in [6.45, 7) is 0.841. The summed E-state index contributed by atoms with van der Waals surface area (Å²) in [5, 5.41) is 3.58. The summed E-state index contributed by atoms with van der Waals surface area (Å²) in [4.78, 5) is 0. The van der Waals surface area contributed by atoms with E-state index in [-0.39, 0.29) is 17.2 Å². The van der Waals surface area contributed by atoms with Crippen LogP contribution in [0, 0.1) is 0 Å². The van der Waals surface area contributed by atoms with Crippen LogP contribution in [0.25, 0.3) is 0 Å². The normalized spacial score (nSPS) is 26.0. The third-order valence-electron chi connectivity index (χ3n) is 5.43. The molecule has 0 bridgehead atoms. The van der Waals surface area contributed by atoms with Crippen LogP contribution >= 0.6 is 0 Å². The van der Waals surface area contributed by atoms with Crippen molar-refractivity contribution >= 4 is 9.84 Å². The van der Waals surface area contributed by atoms with Gasteiger partial charge in [-0.3, -0.25) is 0 Å². The Morgan fingerprint density at radius 3 is 2.65 bits per heavy atom. The second kappa shape index (κ2) is 6.81. The molecule has 0 aromatic heterocycles. The highest BCUT2D eigenvalue weighted by Gasteiger charge is 2.38. The van der Waals surface area contributed by atoms with Crippen molar-refractivity contribution in [3.05, 3.63) is 29.8 Å². The van der Waals surface area contributed by atoms with E-state index in [2.05, 4.69) is 17.4 Å². The molecule has 5 heteroatoms. The zero-order valence-corrected chi connectivity index (χ0v) is 14.7. The molecule has 1 saturated carbocycles. The van der Waals surface area contributed by atoms with Gasteiger partial charge in [-0.1, -0.05) is 31.0 Å². The van der Waals surface area contributed by atoms with Gasteiger partial charge in [-0.15, -0.1) is 0 Å². The van der Waals surface area contributed by atoms with E-state index in [1.165, 1.54) is 18.4 Å². The van der Waals surface area contributed by atoms with Gasteiger partial charge in [0, 0.05) is 23.6 Å². The Kier molecular flexibility index (Phi) is 4.97. The minimum Gasteiger partial charge on any atom is -0.496 e. The van der Waals surface area contributed by atoms with E-state index in [1.54, 1.807) is 7.11 Å². The number of methoxy groups -OCH3 is 1. The SMILES string of the molecule is COc1ccccc1C1(CN[C@@H]2CCCS(=O)(=O)C2)CCCC1. The van der Waals surface area contributed by atoms with Crippen molar-refractivity contribution in [1.29, 1.82) is 0 Å². The number of sulfone groups is 1. The van der Waals surface area contributed by atoms with Crippen molar-refractivity contribution in [3.8, 4) is 5.75 Å². The molecule has 1 aliphatic carbocycles. The van der Waals surface area contributed by atoms with Crippen LogP contribution in [0.5, 0.6) is 5.75 Å². The van der Waals surface area contributed by atoms with E-state index < -0.39 is 9.84 Å². The first-order valence-corrected chi connectivity index (χ1v) is 10.4. The van der Waals surface area contributed by atoms with E-state index >= 15 is 0 Å². The Hall–Kier alpha value is -1.07. The first-order chi connectivity index (χ1) is 11.0. The van der Waals surface area contributed by atoms with Crippen molar-refractivity contribution < 1.29 is 13.2 Å². The van der Waals surface area contributed by atoms with Crippen molar-refractivity contribution in [2.24, 2.45) is 0 Å². The Bertz CT molecular complexity index is 635. The number of benzene rings is 1. The van der Waals surface area contributed by atoms with E-state index in [9.17, 15) is 8.42 Å². The Morgan fingerprint density at radius 2 is 1.96 bits per heavy atom. The highest BCUT2D eigenvalue weighted by molar-refractivity contribution is 7.91. The van der Waals surface area contributed by atoms with Crippen molar-refractivity contribution in [2.45, 2.75) is 50.0 Å². The van der Waals surface area contributed by atoms with Crippen LogP contribution in [0.15, 0.2) is 24.3 Å². The summed E-state index contributed by atoms with van der Waals surface area (Å²) in [6, 6.07) is 8.37. The molecule has 0 amide bonds. The van der Waals surface area contributed by atoms with Crippen molar-refractivity contribution in [3.63, 3.8) is 0 Å². The second-order valence-corrected chi connectivity index (χ2v) is 9.25. The molecule has 3 rings (SSSR count). The fourth-order valence-corrected chi connectivity index (χ4v) is 5.87. The van der Waals surface area contributed by atoms with Crippen molar-refractivity contribution in [2.75, 3.05) is 25.2 Å². The smallest absolute Gasteiger partial charge is 0.151 e. The molecule has 1 saturated heterocycles. The maximum absolute atomic E-state index is 11.8. The third-order valence-corrected chi connectivity index (χ3v) is 7.25. The van der Waals surface area contributed by atoms with E-state index in [4.69, 9.17) is 4.74 Å². The van der Waals surface area contributed by atoms with Gasteiger partial charge in [-0.05, 0) is 31.7 Å². The summed E-state index contributed by atoms with van der Waals surface area (Å²) >= 11 is 0. The van der Waals surface area contributed by atoms with Gasteiger partial charge in [-0.2, -0.15) is 0 Å². The number of ether oxygens (including phenoxy) is 1. The molecule has 1 aromatic carbocycles. The maximum Gasteiger partial charge on any atom is 0.151 e. The molecule has 23 heavy (non-hydrogen) atoms. The van der Waals surface area contributed by atoms with Crippen LogP contribution in [0.4, 0.5) is 0 Å². The van der Waals surface area contributed by atoms with Gasteiger partial charge in [0.25, 0.3) is 0 Å². The van der Waals surface area contributed by atoms with Gasteiger partial charge >= 0.3 is 0 Å².